The normalized spacial score (nSPS) is 25.4. The molecule has 1 aromatic carbocycles. The summed E-state index contributed by atoms with van der Waals surface area (Å²) in [5, 5.41) is 0. The highest BCUT2D eigenvalue weighted by Crippen LogP contribution is 2.40. The lowest BCUT2D eigenvalue weighted by molar-refractivity contribution is 0.300. The van der Waals surface area contributed by atoms with Crippen molar-refractivity contribution in [1.82, 2.24) is 0 Å². The number of rotatable bonds is 2. The Kier molecular flexibility index (Phi) is 3.64. The first kappa shape index (κ1) is 11.8. The topological polar surface area (TPSA) is 0 Å². The lowest BCUT2D eigenvalue weighted by Gasteiger charge is -2.34. The van der Waals surface area contributed by atoms with Crippen molar-refractivity contribution in [3.8, 4) is 0 Å². The Labute approximate surface area is 110 Å². The minimum atomic E-state index is 0.637. The van der Waals surface area contributed by atoms with Gasteiger partial charge in [-0.1, -0.05) is 73.9 Å². The summed E-state index contributed by atoms with van der Waals surface area (Å²) in [6.07, 6.45) is 16.2. The van der Waals surface area contributed by atoms with Crippen LogP contribution >= 0.6 is 0 Å². The van der Waals surface area contributed by atoms with Crippen molar-refractivity contribution in [2.24, 2.45) is 11.8 Å². The third-order valence-corrected chi connectivity index (χ3v) is 4.33. The van der Waals surface area contributed by atoms with Gasteiger partial charge in [0, 0.05) is 5.92 Å². The van der Waals surface area contributed by atoms with E-state index in [2.05, 4.69) is 54.6 Å². The van der Waals surface area contributed by atoms with Crippen molar-refractivity contribution in [3.63, 3.8) is 0 Å². The SMILES string of the molecule is C1=C[C](c2ccccc2)C(C2CCCCC2)C=C1. The summed E-state index contributed by atoms with van der Waals surface area (Å²) in [4.78, 5) is 0. The van der Waals surface area contributed by atoms with Crippen LogP contribution in [0.15, 0.2) is 54.6 Å². The van der Waals surface area contributed by atoms with Gasteiger partial charge in [0.25, 0.3) is 0 Å². The highest BCUT2D eigenvalue weighted by Gasteiger charge is 2.29. The summed E-state index contributed by atoms with van der Waals surface area (Å²) in [5.74, 6) is 3.01. The van der Waals surface area contributed by atoms with E-state index >= 15 is 0 Å². The van der Waals surface area contributed by atoms with Crippen molar-refractivity contribution >= 4 is 0 Å². The highest BCUT2D eigenvalue weighted by atomic mass is 14.3. The molecule has 0 amide bonds. The van der Waals surface area contributed by atoms with Gasteiger partial charge >= 0.3 is 0 Å². The minimum Gasteiger partial charge on any atom is -0.0799 e. The fourth-order valence-electron chi connectivity index (χ4n) is 3.38. The van der Waals surface area contributed by atoms with E-state index < -0.39 is 0 Å². The summed E-state index contributed by atoms with van der Waals surface area (Å²) in [7, 11) is 0. The standard InChI is InChI=1S/C18H21/c1-3-9-15(10-4-1)17-13-7-8-14-18(17)16-11-5-2-6-12-16/h1,3-4,7-10,13-14,16,18H,2,5-6,11-12H2. The van der Waals surface area contributed by atoms with E-state index in [4.69, 9.17) is 0 Å². The van der Waals surface area contributed by atoms with Crippen LogP contribution in [0.2, 0.25) is 0 Å². The first-order valence-corrected chi connectivity index (χ1v) is 7.22. The van der Waals surface area contributed by atoms with E-state index in [0.29, 0.717) is 5.92 Å². The van der Waals surface area contributed by atoms with E-state index in [-0.39, 0.29) is 0 Å². The fraction of sp³-hybridized carbons (Fsp3) is 0.389. The molecule has 0 N–H and O–H groups in total. The Morgan fingerprint density at radius 2 is 1.61 bits per heavy atom. The summed E-state index contributed by atoms with van der Waals surface area (Å²) < 4.78 is 0. The molecular weight excluding hydrogens is 216 g/mol. The summed E-state index contributed by atoms with van der Waals surface area (Å²) >= 11 is 0. The third kappa shape index (κ3) is 2.43. The van der Waals surface area contributed by atoms with Crippen molar-refractivity contribution in [3.05, 3.63) is 66.1 Å². The van der Waals surface area contributed by atoms with Crippen LogP contribution in [0.3, 0.4) is 0 Å². The predicted molar refractivity (Wildman–Crippen MR) is 77.1 cm³/mol. The lowest BCUT2D eigenvalue weighted by atomic mass is 9.70. The van der Waals surface area contributed by atoms with Crippen LogP contribution in [-0.4, -0.2) is 0 Å². The highest BCUT2D eigenvalue weighted by molar-refractivity contribution is 5.44. The molecule has 3 rings (SSSR count). The average molecular weight is 237 g/mol. The van der Waals surface area contributed by atoms with Gasteiger partial charge in [0.1, 0.15) is 0 Å². The number of hydrogen-bond acceptors (Lipinski definition) is 0. The zero-order valence-electron chi connectivity index (χ0n) is 10.9. The van der Waals surface area contributed by atoms with Gasteiger partial charge < -0.3 is 0 Å². The first-order valence-electron chi connectivity index (χ1n) is 7.22. The molecule has 0 heterocycles. The molecule has 0 bridgehead atoms. The Bertz CT molecular complexity index is 421. The van der Waals surface area contributed by atoms with Crippen LogP contribution < -0.4 is 0 Å². The molecule has 2 aliphatic carbocycles. The Morgan fingerprint density at radius 1 is 0.833 bits per heavy atom. The molecule has 2 aliphatic rings. The second-order valence-electron chi connectivity index (χ2n) is 5.49. The molecule has 1 saturated carbocycles. The van der Waals surface area contributed by atoms with Crippen molar-refractivity contribution < 1.29 is 0 Å². The monoisotopic (exact) mass is 237 g/mol. The molecule has 1 unspecified atom stereocenters. The largest absolute Gasteiger partial charge is 0.0799 e. The quantitative estimate of drug-likeness (QED) is 0.684. The van der Waals surface area contributed by atoms with Crippen LogP contribution in [0.5, 0.6) is 0 Å². The number of hydrogen-bond donors (Lipinski definition) is 0. The Balaban J connectivity index is 1.83. The maximum absolute atomic E-state index is 2.42. The van der Waals surface area contributed by atoms with Crippen molar-refractivity contribution in [2.75, 3.05) is 0 Å². The molecule has 1 fully saturated rings. The zero-order chi connectivity index (χ0) is 12.2. The molecule has 1 aromatic rings. The summed E-state index contributed by atoms with van der Waals surface area (Å²) in [6, 6.07) is 10.9. The van der Waals surface area contributed by atoms with Crippen LogP contribution in [0.25, 0.3) is 0 Å². The van der Waals surface area contributed by atoms with Gasteiger partial charge in [-0.3, -0.25) is 0 Å². The molecular formula is C18H21. The van der Waals surface area contributed by atoms with E-state index in [1.807, 2.05) is 0 Å². The van der Waals surface area contributed by atoms with Gasteiger partial charge in [-0.15, -0.1) is 0 Å². The van der Waals surface area contributed by atoms with Gasteiger partial charge in [-0.05, 0) is 30.2 Å². The first-order chi connectivity index (χ1) is 8.95. The van der Waals surface area contributed by atoms with Gasteiger partial charge in [-0.25, -0.2) is 0 Å². The van der Waals surface area contributed by atoms with Gasteiger partial charge in [0.2, 0.25) is 0 Å². The van der Waals surface area contributed by atoms with Crippen molar-refractivity contribution in [1.29, 1.82) is 0 Å². The summed E-state index contributed by atoms with van der Waals surface area (Å²) in [6.45, 7) is 0. The van der Waals surface area contributed by atoms with E-state index in [1.165, 1.54) is 43.6 Å². The molecule has 0 spiro atoms. The van der Waals surface area contributed by atoms with Crippen LogP contribution in [0.4, 0.5) is 0 Å². The smallest absolute Gasteiger partial charge is 0.0338 e. The molecule has 18 heavy (non-hydrogen) atoms. The van der Waals surface area contributed by atoms with Gasteiger partial charge in [0.05, 0.1) is 0 Å². The predicted octanol–water partition coefficient (Wildman–Crippen LogP) is 4.93. The lowest BCUT2D eigenvalue weighted by Crippen LogP contribution is -2.23. The molecule has 0 aliphatic heterocycles. The zero-order valence-corrected chi connectivity index (χ0v) is 10.9. The number of benzene rings is 1. The molecule has 0 saturated heterocycles. The Hall–Kier alpha value is -1.30. The van der Waals surface area contributed by atoms with Gasteiger partial charge in [0.15, 0.2) is 0 Å². The van der Waals surface area contributed by atoms with Crippen molar-refractivity contribution in [2.45, 2.75) is 32.1 Å². The van der Waals surface area contributed by atoms with Crippen LogP contribution in [0.1, 0.15) is 37.7 Å². The number of allylic oxidation sites excluding steroid dienone is 4. The molecule has 0 aromatic heterocycles. The molecule has 1 radical (unpaired) electrons. The minimum absolute atomic E-state index is 0.637. The fourth-order valence-corrected chi connectivity index (χ4v) is 3.38. The van der Waals surface area contributed by atoms with Crippen LogP contribution in [-0.2, 0) is 0 Å². The maximum Gasteiger partial charge on any atom is 0.0338 e. The second kappa shape index (κ2) is 5.56. The van der Waals surface area contributed by atoms with Gasteiger partial charge in [-0.2, -0.15) is 0 Å². The molecule has 0 heteroatoms. The van der Waals surface area contributed by atoms with E-state index in [0.717, 1.165) is 5.92 Å². The Morgan fingerprint density at radius 3 is 2.39 bits per heavy atom. The second-order valence-corrected chi connectivity index (χ2v) is 5.49. The maximum atomic E-state index is 2.42. The van der Waals surface area contributed by atoms with E-state index in [1.54, 1.807) is 0 Å². The molecule has 0 nitrogen and oxygen atoms in total. The summed E-state index contributed by atoms with van der Waals surface area (Å²) in [5.41, 5.74) is 1.40. The average Bonchev–Trinajstić information content (AvgIpc) is 2.49. The third-order valence-electron chi connectivity index (χ3n) is 4.33. The van der Waals surface area contributed by atoms with Crippen LogP contribution in [0, 0.1) is 17.8 Å². The molecule has 1 atom stereocenters. The molecule has 93 valence electrons. The van der Waals surface area contributed by atoms with E-state index in [9.17, 15) is 0 Å².